The number of carbonyl (C=O) groups is 3. The van der Waals surface area contributed by atoms with E-state index >= 15 is 4.79 Å². The molecule has 0 spiro atoms. The third kappa shape index (κ3) is 8.47. The van der Waals surface area contributed by atoms with E-state index in [0.29, 0.717) is 22.7 Å². The molecule has 0 bridgehead atoms. The Morgan fingerprint density at radius 3 is 2.05 bits per heavy atom. The molecule has 11 heteroatoms. The van der Waals surface area contributed by atoms with Crippen molar-refractivity contribution in [2.75, 3.05) is 31.5 Å². The Morgan fingerprint density at radius 2 is 1.47 bits per heavy atom. The Morgan fingerprint density at radius 1 is 0.873 bits per heavy atom. The highest BCUT2D eigenvalue weighted by molar-refractivity contribution is 6.05. The Kier molecular flexibility index (Phi) is 12.1. The van der Waals surface area contributed by atoms with E-state index < -0.39 is 47.5 Å². The maximum atomic E-state index is 15.5. The summed E-state index contributed by atoms with van der Waals surface area (Å²) in [4.78, 5) is 49.2. The van der Waals surface area contributed by atoms with Crippen LogP contribution in [0.15, 0.2) is 110 Å². The normalized spacial score (nSPS) is 16.1. The second-order valence-electron chi connectivity index (χ2n) is 14.1. The number of hydrogen-bond donors (Lipinski definition) is 0. The van der Waals surface area contributed by atoms with Crippen molar-refractivity contribution in [2.45, 2.75) is 51.9 Å². The van der Waals surface area contributed by atoms with Gasteiger partial charge in [0.15, 0.2) is 11.5 Å². The molecule has 0 radical (unpaired) electrons. The van der Waals surface area contributed by atoms with Crippen LogP contribution in [0.4, 0.5) is 14.5 Å². The highest BCUT2D eigenvalue weighted by atomic mass is 19.1. The monoisotopic (exact) mass is 749 g/mol. The quantitative estimate of drug-likeness (QED) is 0.0904. The number of benzene rings is 4. The molecule has 0 N–H and O–H groups in total. The lowest BCUT2D eigenvalue weighted by molar-refractivity contribution is -0.124. The van der Waals surface area contributed by atoms with Crippen LogP contribution in [0.5, 0.6) is 11.5 Å². The lowest BCUT2D eigenvalue weighted by atomic mass is 9.97. The fourth-order valence-electron chi connectivity index (χ4n) is 7.18. The number of carbonyl (C=O) groups excluding carboxylic acids is 3. The van der Waals surface area contributed by atoms with Crippen molar-refractivity contribution >= 4 is 23.4 Å². The fraction of sp³-hybridized carbons (Fsp3) is 0.295. The predicted molar refractivity (Wildman–Crippen MR) is 206 cm³/mol. The van der Waals surface area contributed by atoms with Crippen LogP contribution in [0.25, 0.3) is 0 Å². The van der Waals surface area contributed by atoms with Crippen LogP contribution >= 0.6 is 0 Å². The van der Waals surface area contributed by atoms with Crippen LogP contribution in [-0.2, 0) is 16.1 Å². The summed E-state index contributed by atoms with van der Waals surface area (Å²) in [7, 11) is 0. The zero-order valence-electron chi connectivity index (χ0n) is 31.3. The van der Waals surface area contributed by atoms with E-state index in [1.807, 2.05) is 45.0 Å². The van der Waals surface area contributed by atoms with E-state index in [1.54, 1.807) is 34.1 Å². The average molecular weight is 750 g/mol. The van der Waals surface area contributed by atoms with Gasteiger partial charge in [0.1, 0.15) is 17.7 Å². The maximum Gasteiger partial charge on any atom is 0.254 e. The number of anilines is 1. The molecular formula is C44H45F2N3O6. The minimum Gasteiger partial charge on any atom is -0.454 e. The third-order valence-electron chi connectivity index (χ3n) is 9.75. The fourth-order valence-corrected chi connectivity index (χ4v) is 7.18. The summed E-state index contributed by atoms with van der Waals surface area (Å²) in [5, 5.41) is 0. The highest BCUT2D eigenvalue weighted by Crippen LogP contribution is 2.50. The molecule has 0 aliphatic carbocycles. The summed E-state index contributed by atoms with van der Waals surface area (Å²) in [5.41, 5.74) is 3.42. The SMILES string of the molecule is C=CCOC[C@@H]1[C@@H](N(Cc2ccc(C)cc2)C(=O)c2ccc(F)cc2)c2cc3c(cc2N1C(=O)[C@H](CC(C)C)N(CC=C)C(=O)c1ccc(F)cc1)OCO3. The van der Waals surface area contributed by atoms with Crippen molar-refractivity contribution in [1.82, 2.24) is 9.80 Å². The van der Waals surface area contributed by atoms with Gasteiger partial charge in [-0.2, -0.15) is 0 Å². The van der Waals surface area contributed by atoms with Crippen LogP contribution < -0.4 is 14.4 Å². The van der Waals surface area contributed by atoms with Crippen molar-refractivity contribution in [3.8, 4) is 11.5 Å². The number of rotatable bonds is 15. The number of halogens is 2. The average Bonchev–Trinajstić information content (AvgIpc) is 3.76. The summed E-state index contributed by atoms with van der Waals surface area (Å²) >= 11 is 0. The van der Waals surface area contributed by atoms with E-state index in [-0.39, 0.29) is 56.6 Å². The molecule has 2 heterocycles. The van der Waals surface area contributed by atoms with Crippen molar-refractivity contribution < 1.29 is 37.4 Å². The van der Waals surface area contributed by atoms with Gasteiger partial charge in [-0.1, -0.05) is 55.8 Å². The van der Waals surface area contributed by atoms with Gasteiger partial charge < -0.3 is 28.9 Å². The third-order valence-corrected chi connectivity index (χ3v) is 9.75. The summed E-state index contributed by atoms with van der Waals surface area (Å²) in [5.74, 6) is -1.41. The summed E-state index contributed by atoms with van der Waals surface area (Å²) in [6.07, 6.45) is 3.43. The number of ether oxygens (including phenoxy) is 3. The Bertz CT molecular complexity index is 2030. The van der Waals surface area contributed by atoms with E-state index in [4.69, 9.17) is 14.2 Å². The van der Waals surface area contributed by atoms with Crippen molar-refractivity contribution in [1.29, 1.82) is 0 Å². The van der Waals surface area contributed by atoms with E-state index in [0.717, 1.165) is 11.1 Å². The first-order chi connectivity index (χ1) is 26.5. The number of aryl methyl sites for hydroxylation is 1. The molecule has 9 nitrogen and oxygen atoms in total. The largest absolute Gasteiger partial charge is 0.454 e. The predicted octanol–water partition coefficient (Wildman–Crippen LogP) is 8.05. The first-order valence-corrected chi connectivity index (χ1v) is 18.3. The Balaban J connectivity index is 1.53. The molecule has 6 rings (SSSR count). The van der Waals surface area contributed by atoms with Gasteiger partial charge >= 0.3 is 0 Å². The van der Waals surface area contributed by atoms with Crippen molar-refractivity contribution in [2.24, 2.45) is 5.92 Å². The van der Waals surface area contributed by atoms with Gasteiger partial charge in [0.2, 0.25) is 12.7 Å². The lowest BCUT2D eigenvalue weighted by Gasteiger charge is -2.39. The molecular weight excluding hydrogens is 704 g/mol. The number of amides is 3. The van der Waals surface area contributed by atoms with Gasteiger partial charge in [0.05, 0.1) is 31.0 Å². The van der Waals surface area contributed by atoms with Gasteiger partial charge in [-0.3, -0.25) is 14.4 Å². The summed E-state index contributed by atoms with van der Waals surface area (Å²) in [6.45, 7) is 13.9. The molecule has 0 unspecified atom stereocenters. The van der Waals surface area contributed by atoms with Crippen LogP contribution in [-0.4, -0.2) is 66.2 Å². The van der Waals surface area contributed by atoms with E-state index in [1.165, 1.54) is 53.4 Å². The van der Waals surface area contributed by atoms with E-state index in [9.17, 15) is 18.4 Å². The van der Waals surface area contributed by atoms with Gasteiger partial charge in [-0.15, -0.1) is 13.2 Å². The molecule has 2 aliphatic rings. The molecule has 0 saturated carbocycles. The summed E-state index contributed by atoms with van der Waals surface area (Å²) < 4.78 is 45.8. The molecule has 0 fully saturated rings. The molecule has 0 aromatic heterocycles. The summed E-state index contributed by atoms with van der Waals surface area (Å²) in [6, 6.07) is 19.2. The second kappa shape index (κ2) is 17.1. The minimum absolute atomic E-state index is 0.0215. The van der Waals surface area contributed by atoms with Crippen molar-refractivity contribution in [3.63, 3.8) is 0 Å². The number of hydrogen-bond acceptors (Lipinski definition) is 6. The molecule has 55 heavy (non-hydrogen) atoms. The van der Waals surface area contributed by atoms with Gasteiger partial charge in [-0.25, -0.2) is 8.78 Å². The molecule has 3 amide bonds. The molecule has 3 atom stereocenters. The minimum atomic E-state index is -1.01. The smallest absolute Gasteiger partial charge is 0.254 e. The van der Waals surface area contributed by atoms with Crippen molar-refractivity contribution in [3.05, 3.63) is 150 Å². The number of nitrogens with zero attached hydrogens (tertiary/aromatic N) is 3. The Labute approximate surface area is 320 Å². The van der Waals surface area contributed by atoms with Gasteiger partial charge in [0.25, 0.3) is 11.8 Å². The first kappa shape index (κ1) is 38.9. The maximum absolute atomic E-state index is 15.5. The Hall–Kier alpha value is -5.81. The zero-order chi connectivity index (χ0) is 39.2. The van der Waals surface area contributed by atoms with Crippen LogP contribution in [0.1, 0.15) is 63.7 Å². The highest BCUT2D eigenvalue weighted by Gasteiger charge is 2.49. The molecule has 2 aliphatic heterocycles. The van der Waals surface area contributed by atoms with E-state index in [2.05, 4.69) is 13.2 Å². The second-order valence-corrected chi connectivity index (χ2v) is 14.1. The number of fused-ring (bicyclic) bond motifs is 2. The van der Waals surface area contributed by atoms with Crippen LogP contribution in [0.2, 0.25) is 0 Å². The van der Waals surface area contributed by atoms with Gasteiger partial charge in [-0.05, 0) is 79.4 Å². The standard InChI is InChI=1S/C44H45F2N3O6/c1-6-20-47(42(50)31-12-16-33(45)17-13-31)37(22-28(3)4)44(52)49-36-24-40-39(54-27-55-40)23-35(36)41(38(49)26-53-21-7-2)48(25-30-10-8-29(5)9-11-30)43(51)32-14-18-34(46)19-15-32/h6-19,23-24,28,37-38,41H,1-2,20-22,25-27H2,3-5H3/t37-,38+,41-/m0/s1. The topological polar surface area (TPSA) is 88.6 Å². The molecule has 286 valence electrons. The molecule has 4 aromatic carbocycles. The molecule has 4 aromatic rings. The van der Waals surface area contributed by atoms with Gasteiger partial charge in [0, 0.05) is 35.8 Å². The van der Waals surface area contributed by atoms with Crippen LogP contribution in [0, 0.1) is 24.5 Å². The molecule has 0 saturated heterocycles. The zero-order valence-corrected chi connectivity index (χ0v) is 31.3. The van der Waals surface area contributed by atoms with Crippen LogP contribution in [0.3, 0.4) is 0 Å². The first-order valence-electron chi connectivity index (χ1n) is 18.3. The lowest BCUT2D eigenvalue weighted by Crippen LogP contribution is -2.56.